The summed E-state index contributed by atoms with van der Waals surface area (Å²) in [5, 5.41) is 0. The van der Waals surface area contributed by atoms with Crippen molar-refractivity contribution in [2.24, 2.45) is 0 Å². The molecule has 1 rings (SSSR count). The molecule has 0 atom stereocenters. The molecule has 0 aliphatic carbocycles. The normalized spacial score (nSPS) is 9.73. The zero-order valence-electron chi connectivity index (χ0n) is 8.95. The van der Waals surface area contributed by atoms with Gasteiger partial charge in [-0.1, -0.05) is 17.7 Å². The van der Waals surface area contributed by atoms with Crippen molar-refractivity contribution in [3.05, 3.63) is 34.9 Å². The van der Waals surface area contributed by atoms with Gasteiger partial charge in [0.1, 0.15) is 6.29 Å². The molecule has 1 aromatic rings. The van der Waals surface area contributed by atoms with Gasteiger partial charge in [0.05, 0.1) is 6.61 Å². The first-order chi connectivity index (χ1) is 7.13. The van der Waals surface area contributed by atoms with Gasteiger partial charge in [-0.05, 0) is 18.6 Å². The fourth-order valence-corrected chi connectivity index (χ4v) is 1.36. The number of esters is 1. The van der Waals surface area contributed by atoms with E-state index in [1.54, 1.807) is 0 Å². The third kappa shape index (κ3) is 3.54. The van der Waals surface area contributed by atoms with E-state index in [0.717, 1.165) is 17.4 Å². The van der Waals surface area contributed by atoms with E-state index in [2.05, 4.69) is 0 Å². The molecule has 0 unspecified atom stereocenters. The average molecular weight is 206 g/mol. The second-order valence-electron chi connectivity index (χ2n) is 3.41. The highest BCUT2D eigenvalue weighted by molar-refractivity contribution is 5.77. The van der Waals surface area contributed by atoms with Crippen LogP contribution < -0.4 is 0 Å². The molecule has 0 aliphatic heterocycles. The van der Waals surface area contributed by atoms with Crippen molar-refractivity contribution >= 4 is 12.3 Å². The van der Waals surface area contributed by atoms with Crippen molar-refractivity contribution in [3.63, 3.8) is 0 Å². The number of ether oxygens (including phenoxy) is 1. The highest BCUT2D eigenvalue weighted by Crippen LogP contribution is 2.10. The van der Waals surface area contributed by atoms with Crippen LogP contribution >= 0.6 is 0 Å². The Balaban J connectivity index is 2.67. The molecular weight excluding hydrogens is 192 g/mol. The molecule has 0 radical (unpaired) electrons. The molecule has 0 fully saturated rings. The van der Waals surface area contributed by atoms with E-state index < -0.39 is 0 Å². The number of carbonyl (C=O) groups excluding carboxylic acids is 2. The van der Waals surface area contributed by atoms with Gasteiger partial charge < -0.3 is 4.74 Å². The predicted molar refractivity (Wildman–Crippen MR) is 56.9 cm³/mol. The zero-order valence-corrected chi connectivity index (χ0v) is 8.95. The first-order valence-corrected chi connectivity index (χ1v) is 4.81. The van der Waals surface area contributed by atoms with Crippen LogP contribution in [0.4, 0.5) is 0 Å². The number of aryl methyl sites for hydroxylation is 1. The number of hydrogen-bond acceptors (Lipinski definition) is 3. The monoisotopic (exact) mass is 206 g/mol. The van der Waals surface area contributed by atoms with Crippen LogP contribution in [0.1, 0.15) is 28.4 Å². The van der Waals surface area contributed by atoms with Gasteiger partial charge in [0.2, 0.25) is 0 Å². The van der Waals surface area contributed by atoms with Crippen LogP contribution in [0.2, 0.25) is 0 Å². The van der Waals surface area contributed by atoms with E-state index in [9.17, 15) is 9.59 Å². The molecule has 0 saturated heterocycles. The summed E-state index contributed by atoms with van der Waals surface area (Å²) >= 11 is 0. The third-order valence-electron chi connectivity index (χ3n) is 2.11. The van der Waals surface area contributed by atoms with Crippen LogP contribution in [0.15, 0.2) is 18.2 Å². The summed E-state index contributed by atoms with van der Waals surface area (Å²) < 4.78 is 4.82. The topological polar surface area (TPSA) is 43.4 Å². The highest BCUT2D eigenvalue weighted by Gasteiger charge is 2.02. The van der Waals surface area contributed by atoms with Gasteiger partial charge in [-0.2, -0.15) is 0 Å². The first kappa shape index (κ1) is 11.4. The summed E-state index contributed by atoms with van der Waals surface area (Å²) in [5.74, 6) is -0.297. The second kappa shape index (κ2) is 5.29. The largest absolute Gasteiger partial charge is 0.466 e. The lowest BCUT2D eigenvalue weighted by atomic mass is 10.0. The molecule has 0 aliphatic rings. The number of rotatable bonds is 4. The number of aldehydes is 1. The molecule has 0 bridgehead atoms. The van der Waals surface area contributed by atoms with Gasteiger partial charge in [0, 0.05) is 18.9 Å². The predicted octanol–water partition coefficient (Wildman–Crippen LogP) is 1.91. The highest BCUT2D eigenvalue weighted by atomic mass is 16.5. The number of benzene rings is 1. The maximum absolute atomic E-state index is 10.8. The van der Waals surface area contributed by atoms with E-state index >= 15 is 0 Å². The van der Waals surface area contributed by atoms with Crippen LogP contribution in [-0.2, 0) is 16.0 Å². The van der Waals surface area contributed by atoms with Crippen LogP contribution in [0.5, 0.6) is 0 Å². The minimum absolute atomic E-state index is 0.297. The van der Waals surface area contributed by atoms with Gasteiger partial charge in [-0.25, -0.2) is 0 Å². The summed E-state index contributed by atoms with van der Waals surface area (Å²) in [6.07, 6.45) is 1.41. The smallest absolute Gasteiger partial charge is 0.302 e. The molecule has 0 spiro atoms. The van der Waals surface area contributed by atoms with E-state index in [0.29, 0.717) is 18.6 Å². The van der Waals surface area contributed by atoms with Gasteiger partial charge >= 0.3 is 5.97 Å². The van der Waals surface area contributed by atoms with Gasteiger partial charge in [0.15, 0.2) is 0 Å². The lowest BCUT2D eigenvalue weighted by Crippen LogP contribution is -2.05. The molecular formula is C12H14O3. The standard InChI is InChI=1S/C12H14O3/c1-9-3-4-11(12(7-9)8-13)5-6-15-10(2)14/h3-4,7-8H,5-6H2,1-2H3. The summed E-state index contributed by atoms with van der Waals surface area (Å²) in [7, 11) is 0. The Labute approximate surface area is 89.1 Å². The Bertz CT molecular complexity index is 369. The molecule has 3 nitrogen and oxygen atoms in total. The number of hydrogen-bond donors (Lipinski definition) is 0. The molecule has 15 heavy (non-hydrogen) atoms. The van der Waals surface area contributed by atoms with Crippen molar-refractivity contribution in [3.8, 4) is 0 Å². The summed E-state index contributed by atoms with van der Waals surface area (Å²) in [6.45, 7) is 3.62. The van der Waals surface area contributed by atoms with Crippen LogP contribution in [0, 0.1) is 6.92 Å². The van der Waals surface area contributed by atoms with Crippen molar-refractivity contribution in [1.29, 1.82) is 0 Å². The molecule has 0 heterocycles. The van der Waals surface area contributed by atoms with E-state index in [-0.39, 0.29) is 5.97 Å². The SMILES string of the molecule is CC(=O)OCCc1ccc(C)cc1C=O. The molecule has 0 N–H and O–H groups in total. The van der Waals surface area contributed by atoms with E-state index in [1.807, 2.05) is 25.1 Å². The summed E-state index contributed by atoms with van der Waals surface area (Å²) in [4.78, 5) is 21.3. The Morgan fingerprint density at radius 2 is 2.20 bits per heavy atom. The molecule has 0 amide bonds. The summed E-state index contributed by atoms with van der Waals surface area (Å²) in [6, 6.07) is 5.66. The van der Waals surface area contributed by atoms with Crippen LogP contribution in [0.25, 0.3) is 0 Å². The van der Waals surface area contributed by atoms with Crippen LogP contribution in [-0.4, -0.2) is 18.9 Å². The molecule has 80 valence electrons. The second-order valence-corrected chi connectivity index (χ2v) is 3.41. The van der Waals surface area contributed by atoms with Gasteiger partial charge in [-0.3, -0.25) is 9.59 Å². The van der Waals surface area contributed by atoms with Gasteiger partial charge in [0.25, 0.3) is 0 Å². The molecule has 0 saturated carbocycles. The van der Waals surface area contributed by atoms with Crippen LogP contribution in [0.3, 0.4) is 0 Å². The molecule has 0 aromatic heterocycles. The zero-order chi connectivity index (χ0) is 11.3. The average Bonchev–Trinajstić information content (AvgIpc) is 2.19. The fraction of sp³-hybridized carbons (Fsp3) is 0.333. The van der Waals surface area contributed by atoms with E-state index in [4.69, 9.17) is 4.74 Å². The molecule has 1 aromatic carbocycles. The van der Waals surface area contributed by atoms with Crippen molar-refractivity contribution in [2.75, 3.05) is 6.61 Å². The van der Waals surface area contributed by atoms with Crippen molar-refractivity contribution < 1.29 is 14.3 Å². The van der Waals surface area contributed by atoms with E-state index in [1.165, 1.54) is 6.92 Å². The minimum atomic E-state index is -0.297. The minimum Gasteiger partial charge on any atom is -0.466 e. The maximum atomic E-state index is 10.8. The van der Waals surface area contributed by atoms with Gasteiger partial charge in [-0.15, -0.1) is 0 Å². The first-order valence-electron chi connectivity index (χ1n) is 4.81. The van der Waals surface area contributed by atoms with Crippen molar-refractivity contribution in [1.82, 2.24) is 0 Å². The Hall–Kier alpha value is -1.64. The third-order valence-corrected chi connectivity index (χ3v) is 2.11. The lowest BCUT2D eigenvalue weighted by molar-refractivity contribution is -0.140. The molecule has 3 heteroatoms. The summed E-state index contributed by atoms with van der Waals surface area (Å²) in [5.41, 5.74) is 2.63. The fourth-order valence-electron chi connectivity index (χ4n) is 1.36. The Morgan fingerprint density at radius 1 is 1.47 bits per heavy atom. The maximum Gasteiger partial charge on any atom is 0.302 e. The lowest BCUT2D eigenvalue weighted by Gasteiger charge is -2.05. The number of carbonyl (C=O) groups is 2. The quantitative estimate of drug-likeness (QED) is 0.558. The van der Waals surface area contributed by atoms with Crippen molar-refractivity contribution in [2.45, 2.75) is 20.3 Å². The Kier molecular flexibility index (Phi) is 4.03. The Morgan fingerprint density at radius 3 is 2.80 bits per heavy atom.